The molecule has 0 fully saturated rings. The maximum absolute atomic E-state index is 11.1. The Bertz CT molecular complexity index is 362. The lowest BCUT2D eigenvalue weighted by molar-refractivity contribution is -0.135. The van der Waals surface area contributed by atoms with Gasteiger partial charge in [-0.05, 0) is 6.42 Å². The molecule has 0 aromatic carbocycles. The third-order valence-corrected chi connectivity index (χ3v) is 12.2. The molecule has 0 spiro atoms. The van der Waals surface area contributed by atoms with Crippen molar-refractivity contribution in [3.63, 3.8) is 0 Å². The van der Waals surface area contributed by atoms with Gasteiger partial charge in [0.05, 0.1) is 8.07 Å². The summed E-state index contributed by atoms with van der Waals surface area (Å²) in [5, 5.41) is 17.9. The number of hydrogen-bond donors (Lipinski definition) is 2. The molecule has 2 N–H and O–H groups in total. The van der Waals surface area contributed by atoms with Gasteiger partial charge >= 0.3 is 11.9 Å². The summed E-state index contributed by atoms with van der Waals surface area (Å²) in [5.74, 6) is -2.31. The van der Waals surface area contributed by atoms with Crippen LogP contribution < -0.4 is 0 Å². The molecule has 0 amide bonds. The van der Waals surface area contributed by atoms with Crippen LogP contribution in [0.2, 0.25) is 22.7 Å². The Kier molecular flexibility index (Phi) is 7.20. The molecule has 0 rings (SSSR count). The molecule has 0 unspecified atom stereocenters. The molecule has 0 bridgehead atoms. The number of rotatable bonds is 8. The summed E-state index contributed by atoms with van der Waals surface area (Å²) in [5.41, 5.74) is 1.64. The van der Waals surface area contributed by atoms with Gasteiger partial charge in [-0.1, -0.05) is 64.2 Å². The first-order valence-corrected chi connectivity index (χ1v) is 9.66. The predicted octanol–water partition coefficient (Wildman–Crippen LogP) is 4.15. The maximum Gasteiger partial charge on any atom is 0.331 e. The second-order valence-electron chi connectivity index (χ2n) is 6.39. The molecule has 0 saturated carbocycles. The Morgan fingerprint density at radius 1 is 0.950 bits per heavy atom. The molecule has 0 radical (unpaired) electrons. The molecule has 0 aliphatic heterocycles. The van der Waals surface area contributed by atoms with Crippen LogP contribution in [0.15, 0.2) is 11.6 Å². The minimum atomic E-state index is -1.68. The zero-order valence-corrected chi connectivity index (χ0v) is 14.4. The summed E-state index contributed by atoms with van der Waals surface area (Å²) in [6.07, 6.45) is 1.19. The van der Waals surface area contributed by atoms with Crippen molar-refractivity contribution in [2.75, 3.05) is 0 Å². The van der Waals surface area contributed by atoms with Crippen LogP contribution in [0.3, 0.4) is 0 Å². The molecule has 0 saturated heterocycles. The summed E-state index contributed by atoms with van der Waals surface area (Å²) in [6.45, 7) is 13.3. The molecule has 4 nitrogen and oxygen atoms in total. The molecule has 20 heavy (non-hydrogen) atoms. The van der Waals surface area contributed by atoms with E-state index in [1.165, 1.54) is 0 Å². The van der Waals surface area contributed by atoms with E-state index < -0.39 is 20.0 Å². The minimum Gasteiger partial charge on any atom is -0.478 e. The topological polar surface area (TPSA) is 74.6 Å². The molecular formula is C15H28O4Si. The van der Waals surface area contributed by atoms with Gasteiger partial charge in [0.1, 0.15) is 0 Å². The van der Waals surface area contributed by atoms with Gasteiger partial charge in [0.25, 0.3) is 0 Å². The van der Waals surface area contributed by atoms with E-state index in [0.29, 0.717) is 23.0 Å². The Morgan fingerprint density at radius 2 is 1.35 bits per heavy atom. The summed E-state index contributed by atoms with van der Waals surface area (Å²) in [7, 11) is -1.68. The summed E-state index contributed by atoms with van der Waals surface area (Å²) >= 11 is 0. The fourth-order valence-corrected chi connectivity index (χ4v) is 10.0. The van der Waals surface area contributed by atoms with Crippen molar-refractivity contribution in [1.29, 1.82) is 0 Å². The van der Waals surface area contributed by atoms with Crippen LogP contribution in [-0.2, 0) is 9.59 Å². The Hall–Kier alpha value is -1.10. The molecule has 5 heteroatoms. The number of hydrogen-bond acceptors (Lipinski definition) is 2. The largest absolute Gasteiger partial charge is 0.478 e. The van der Waals surface area contributed by atoms with Crippen LogP contribution >= 0.6 is 0 Å². The molecule has 0 heterocycles. The average Bonchev–Trinajstić information content (AvgIpc) is 2.25. The number of carboxylic acid groups (broad SMARTS) is 2. The van der Waals surface area contributed by atoms with Crippen LogP contribution in [0.4, 0.5) is 0 Å². The molecular weight excluding hydrogens is 272 g/mol. The van der Waals surface area contributed by atoms with E-state index in [9.17, 15) is 9.59 Å². The zero-order chi connectivity index (χ0) is 16.1. The number of carbonyl (C=O) groups is 2. The lowest BCUT2D eigenvalue weighted by atomic mass is 10.2. The monoisotopic (exact) mass is 300 g/mol. The lowest BCUT2D eigenvalue weighted by Gasteiger charge is -2.43. The van der Waals surface area contributed by atoms with Gasteiger partial charge in [-0.25, -0.2) is 9.59 Å². The fraction of sp³-hybridized carbons (Fsp3) is 0.733. The normalized spacial score (nSPS) is 13.3. The van der Waals surface area contributed by atoms with Crippen molar-refractivity contribution in [2.45, 2.75) is 70.6 Å². The van der Waals surface area contributed by atoms with E-state index >= 15 is 0 Å². The van der Waals surface area contributed by atoms with Gasteiger partial charge in [0.15, 0.2) is 0 Å². The highest BCUT2D eigenvalue weighted by atomic mass is 28.3. The van der Waals surface area contributed by atoms with Gasteiger partial charge in [-0.2, -0.15) is 0 Å². The van der Waals surface area contributed by atoms with Crippen molar-refractivity contribution in [1.82, 2.24) is 0 Å². The van der Waals surface area contributed by atoms with Crippen molar-refractivity contribution in [3.8, 4) is 0 Å². The smallest absolute Gasteiger partial charge is 0.331 e. The van der Waals surface area contributed by atoms with E-state index in [4.69, 9.17) is 10.2 Å². The van der Waals surface area contributed by atoms with Gasteiger partial charge in [0, 0.05) is 11.6 Å². The highest BCUT2D eigenvalue weighted by Crippen LogP contribution is 2.45. The van der Waals surface area contributed by atoms with Crippen LogP contribution in [0.1, 0.15) is 48.0 Å². The van der Waals surface area contributed by atoms with Crippen LogP contribution in [-0.4, -0.2) is 30.2 Å². The molecule has 0 atom stereocenters. The lowest BCUT2D eigenvalue weighted by Crippen LogP contribution is -2.44. The van der Waals surface area contributed by atoms with E-state index in [-0.39, 0.29) is 5.57 Å². The maximum atomic E-state index is 11.1. The van der Waals surface area contributed by atoms with Crippen molar-refractivity contribution < 1.29 is 19.8 Å². The average molecular weight is 300 g/mol. The van der Waals surface area contributed by atoms with Crippen molar-refractivity contribution in [2.24, 2.45) is 0 Å². The fourth-order valence-electron chi connectivity index (χ4n) is 3.61. The summed E-state index contributed by atoms with van der Waals surface area (Å²) in [4.78, 5) is 21.9. The highest BCUT2D eigenvalue weighted by Gasteiger charge is 2.42. The van der Waals surface area contributed by atoms with Crippen LogP contribution in [0.25, 0.3) is 0 Å². The quantitative estimate of drug-likeness (QED) is 0.521. The first kappa shape index (κ1) is 18.9. The summed E-state index contributed by atoms with van der Waals surface area (Å²) < 4.78 is 0. The first-order valence-electron chi connectivity index (χ1n) is 7.22. The van der Waals surface area contributed by atoms with Gasteiger partial charge < -0.3 is 10.2 Å². The Labute approximate surface area is 122 Å². The second kappa shape index (κ2) is 7.62. The van der Waals surface area contributed by atoms with Gasteiger partial charge in [-0.15, -0.1) is 0 Å². The van der Waals surface area contributed by atoms with Crippen LogP contribution in [0, 0.1) is 0 Å². The molecule has 0 aliphatic carbocycles. The third kappa shape index (κ3) is 4.47. The Morgan fingerprint density at radius 3 is 1.60 bits per heavy atom. The standard InChI is InChI=1S/C15H28O4Si/c1-10(2)20(11(3)4,12(5)6)8-7-13(15(18)19)9-14(16)17/h9-12H,7-8H2,1-6H3,(H,16,17)(H,18,19)/b13-9-. The number of aliphatic carboxylic acids is 2. The molecule has 116 valence electrons. The van der Waals surface area contributed by atoms with E-state index in [0.717, 1.165) is 12.1 Å². The highest BCUT2D eigenvalue weighted by molar-refractivity contribution is 6.83. The minimum absolute atomic E-state index is 0.0105. The molecule has 0 aliphatic rings. The Balaban J connectivity index is 5.30. The predicted molar refractivity (Wildman–Crippen MR) is 83.8 cm³/mol. The number of carboxylic acids is 2. The van der Waals surface area contributed by atoms with E-state index in [2.05, 4.69) is 41.5 Å². The summed E-state index contributed by atoms with van der Waals surface area (Å²) in [6, 6.07) is 0.825. The molecule has 0 aromatic rings. The SMILES string of the molecule is CC(C)[Si](CC/C(=C/C(=O)O)C(=O)O)(C(C)C)C(C)C. The van der Waals surface area contributed by atoms with Gasteiger partial charge in [-0.3, -0.25) is 0 Å². The third-order valence-electron chi connectivity index (χ3n) is 4.62. The zero-order valence-electron chi connectivity index (χ0n) is 13.4. The van der Waals surface area contributed by atoms with Crippen molar-refractivity contribution in [3.05, 3.63) is 11.6 Å². The van der Waals surface area contributed by atoms with E-state index in [1.54, 1.807) is 0 Å². The van der Waals surface area contributed by atoms with Crippen molar-refractivity contribution >= 4 is 20.0 Å². The second-order valence-corrected chi connectivity index (χ2v) is 12.6. The molecule has 0 aromatic heterocycles. The van der Waals surface area contributed by atoms with Gasteiger partial charge in [0.2, 0.25) is 0 Å². The van der Waals surface area contributed by atoms with E-state index in [1.807, 2.05) is 0 Å². The first-order chi connectivity index (χ1) is 9.05. The van der Waals surface area contributed by atoms with Crippen LogP contribution in [0.5, 0.6) is 0 Å².